The van der Waals surface area contributed by atoms with Gasteiger partial charge in [0.2, 0.25) is 15.9 Å². The van der Waals surface area contributed by atoms with Crippen molar-refractivity contribution in [1.82, 2.24) is 10.2 Å². The second-order valence-electron chi connectivity index (χ2n) is 10.8. The summed E-state index contributed by atoms with van der Waals surface area (Å²) in [6.45, 7) is 11.3. The van der Waals surface area contributed by atoms with Gasteiger partial charge >= 0.3 is 11.4 Å². The molecule has 1 aliphatic heterocycles. The van der Waals surface area contributed by atoms with Crippen molar-refractivity contribution in [3.8, 4) is 11.5 Å². The third kappa shape index (κ3) is 9.45. The van der Waals surface area contributed by atoms with Gasteiger partial charge < -0.3 is 24.0 Å². The molecule has 0 unspecified atom stereocenters. The average Bonchev–Trinajstić information content (AvgIpc) is 3.51. The van der Waals surface area contributed by atoms with Crippen LogP contribution in [0.15, 0.2) is 47.3 Å². The van der Waals surface area contributed by atoms with Gasteiger partial charge in [-0.15, -0.1) is 0 Å². The summed E-state index contributed by atoms with van der Waals surface area (Å²) in [4.78, 5) is 36.6. The molecule has 17 heteroatoms. The van der Waals surface area contributed by atoms with Crippen LogP contribution in [0.4, 0.5) is 17.1 Å². The van der Waals surface area contributed by atoms with Gasteiger partial charge in [0, 0.05) is 30.8 Å². The van der Waals surface area contributed by atoms with Crippen LogP contribution in [0.2, 0.25) is 0 Å². The summed E-state index contributed by atoms with van der Waals surface area (Å²) in [7, 11) is -1.27. The fraction of sp³-hybridized carbons (Fsp3) is 0.500. The van der Waals surface area contributed by atoms with Gasteiger partial charge in [-0.2, -0.15) is 0 Å². The van der Waals surface area contributed by atoms with Gasteiger partial charge in [0.25, 0.3) is 5.91 Å². The van der Waals surface area contributed by atoms with E-state index in [1.807, 2.05) is 20.0 Å². The maximum Gasteiger partial charge on any atom is 0.301 e. The van der Waals surface area contributed by atoms with Crippen LogP contribution in [0.5, 0.6) is 11.5 Å². The van der Waals surface area contributed by atoms with E-state index in [2.05, 4.69) is 31.0 Å². The number of hydrogen-bond acceptors (Lipinski definition) is 12. The first kappa shape index (κ1) is 38.5. The Hall–Kier alpha value is -4.64. The van der Waals surface area contributed by atoms with Crippen LogP contribution in [0.25, 0.3) is 0 Å². The number of methoxy groups -OCH3 is 2. The highest BCUT2D eigenvalue weighted by Gasteiger charge is 2.33. The van der Waals surface area contributed by atoms with Crippen molar-refractivity contribution in [3.05, 3.63) is 68.2 Å². The zero-order chi connectivity index (χ0) is 35.5. The third-order valence-corrected chi connectivity index (χ3v) is 8.70. The molecule has 3 rings (SSSR count). The molecule has 0 saturated heterocycles. The fourth-order valence-corrected chi connectivity index (χ4v) is 5.41. The minimum absolute atomic E-state index is 0.00854. The van der Waals surface area contributed by atoms with Gasteiger partial charge in [-0.05, 0) is 44.7 Å². The van der Waals surface area contributed by atoms with Crippen LogP contribution in [0.1, 0.15) is 70.7 Å². The molecule has 1 aliphatic rings. The highest BCUT2D eigenvalue weighted by Crippen LogP contribution is 2.40. The highest BCUT2D eigenvalue weighted by molar-refractivity contribution is 7.89. The molecule has 260 valence electrons. The standard InChI is InChI=1S/C18H26N2O4.C12H18N4O6S/c1-6-18(3,7-2)20-11-15(24-12-20)19-17(21)16-13(22-4)9-8-10-14(16)23-5;1-3-5-14(6-4-2)12-10(15(17)18)7-9(23(13,21)22)8-11(12)16(19)20/h8-11H,6-7,12H2,1-5H3,(H,19,21);7-8H,3-6H2,1-2H3,(H2,13,21,22). The summed E-state index contributed by atoms with van der Waals surface area (Å²) in [5.74, 6) is 1.01. The summed E-state index contributed by atoms with van der Waals surface area (Å²) in [5.41, 5.74) is -1.14. The zero-order valence-corrected chi connectivity index (χ0v) is 28.6. The maximum absolute atomic E-state index is 12.6. The molecule has 0 radical (unpaired) electrons. The molecule has 2 aromatic carbocycles. The topological polar surface area (TPSA) is 210 Å². The summed E-state index contributed by atoms with van der Waals surface area (Å²) in [6, 6.07) is 6.74. The summed E-state index contributed by atoms with van der Waals surface area (Å²) >= 11 is 0. The number of nitrogens with zero attached hydrogens (tertiary/aromatic N) is 4. The number of anilines is 1. The Balaban J connectivity index is 0.000000327. The lowest BCUT2D eigenvalue weighted by molar-refractivity contribution is -0.393. The monoisotopic (exact) mass is 680 g/mol. The van der Waals surface area contributed by atoms with Gasteiger partial charge in [-0.25, -0.2) is 13.6 Å². The second-order valence-corrected chi connectivity index (χ2v) is 12.4. The van der Waals surface area contributed by atoms with Crippen molar-refractivity contribution in [3.63, 3.8) is 0 Å². The number of nitrogens with one attached hydrogen (secondary N) is 1. The quantitative estimate of drug-likeness (QED) is 0.190. The Bertz CT molecular complexity index is 1510. The molecule has 0 fully saturated rings. The van der Waals surface area contributed by atoms with Crippen molar-refractivity contribution in [2.45, 2.75) is 70.7 Å². The minimum Gasteiger partial charge on any atom is -0.496 e. The Labute approximate surface area is 274 Å². The van der Waals surface area contributed by atoms with E-state index in [1.165, 1.54) is 19.1 Å². The number of rotatable bonds is 15. The molecule has 0 atom stereocenters. The van der Waals surface area contributed by atoms with Crippen LogP contribution in [-0.2, 0) is 14.8 Å². The lowest BCUT2D eigenvalue weighted by Gasteiger charge is -2.36. The number of nitrogens with two attached hydrogens (primary N) is 1. The van der Waals surface area contributed by atoms with E-state index < -0.39 is 36.1 Å². The number of nitro groups is 2. The van der Waals surface area contributed by atoms with Gasteiger partial charge in [0.05, 0.1) is 35.2 Å². The number of benzene rings is 2. The SMILES string of the molecule is CCC(C)(CC)N1C=C(NC(=O)c2c(OC)cccc2OC)OC1.CCCN(CCC)c1c([N+](=O)[O-])cc(S(N)(=O)=O)cc1[N+](=O)[O-]. The first-order valence-electron chi connectivity index (χ1n) is 15.0. The Morgan fingerprint density at radius 2 is 1.51 bits per heavy atom. The number of ether oxygens (including phenoxy) is 3. The maximum atomic E-state index is 12.6. The summed E-state index contributed by atoms with van der Waals surface area (Å²) in [5, 5.41) is 30.4. The zero-order valence-electron chi connectivity index (χ0n) is 27.8. The normalized spacial score (nSPS) is 12.7. The van der Waals surface area contributed by atoms with Crippen molar-refractivity contribution >= 4 is 33.0 Å². The molecule has 0 spiro atoms. The molecular weight excluding hydrogens is 636 g/mol. The van der Waals surface area contributed by atoms with Crippen LogP contribution in [-0.4, -0.2) is 68.7 Å². The molecule has 0 aromatic heterocycles. The number of sulfonamides is 1. The van der Waals surface area contributed by atoms with Crippen LogP contribution in [0, 0.1) is 20.2 Å². The molecule has 1 amide bonds. The molecular formula is C30H44N6O10S. The molecule has 1 heterocycles. The van der Waals surface area contributed by atoms with Gasteiger partial charge in [0.1, 0.15) is 17.1 Å². The van der Waals surface area contributed by atoms with Crippen molar-refractivity contribution in [1.29, 1.82) is 0 Å². The fourth-order valence-electron chi connectivity index (χ4n) is 4.86. The van der Waals surface area contributed by atoms with Crippen molar-refractivity contribution in [2.75, 3.05) is 38.9 Å². The lowest BCUT2D eigenvalue weighted by Crippen LogP contribution is -2.41. The molecule has 16 nitrogen and oxygen atoms in total. The lowest BCUT2D eigenvalue weighted by atomic mass is 9.94. The number of primary sulfonamides is 1. The molecule has 3 N–H and O–H groups in total. The number of nitro benzene ring substituents is 2. The highest BCUT2D eigenvalue weighted by atomic mass is 32.2. The molecule has 0 aliphatic carbocycles. The van der Waals surface area contributed by atoms with Crippen molar-refractivity contribution in [2.24, 2.45) is 5.14 Å². The first-order chi connectivity index (χ1) is 22.1. The molecule has 0 saturated carbocycles. The predicted octanol–water partition coefficient (Wildman–Crippen LogP) is 4.88. The van der Waals surface area contributed by atoms with Crippen molar-refractivity contribution < 1.29 is 37.3 Å². The second kappa shape index (κ2) is 16.8. The first-order valence-corrected chi connectivity index (χ1v) is 16.5. The van der Waals surface area contributed by atoms with E-state index in [1.54, 1.807) is 18.2 Å². The predicted molar refractivity (Wildman–Crippen MR) is 176 cm³/mol. The summed E-state index contributed by atoms with van der Waals surface area (Å²) in [6.07, 6.45) is 5.07. The molecule has 0 bridgehead atoms. The number of carbonyl (C=O) groups is 1. The Kier molecular flexibility index (Phi) is 13.8. The van der Waals surface area contributed by atoms with E-state index in [4.69, 9.17) is 19.3 Å². The smallest absolute Gasteiger partial charge is 0.301 e. The number of amides is 1. The van der Waals surface area contributed by atoms with Crippen LogP contribution < -0.4 is 24.8 Å². The van der Waals surface area contributed by atoms with Gasteiger partial charge in [-0.1, -0.05) is 33.8 Å². The van der Waals surface area contributed by atoms with E-state index in [0.29, 0.717) is 55.6 Å². The van der Waals surface area contributed by atoms with E-state index >= 15 is 0 Å². The minimum atomic E-state index is -4.31. The summed E-state index contributed by atoms with van der Waals surface area (Å²) < 4.78 is 39.0. The third-order valence-electron chi connectivity index (χ3n) is 7.81. The number of hydrogen-bond donors (Lipinski definition) is 2. The van der Waals surface area contributed by atoms with E-state index in [0.717, 1.165) is 25.0 Å². The van der Waals surface area contributed by atoms with E-state index in [-0.39, 0.29) is 17.1 Å². The Morgan fingerprint density at radius 3 is 1.89 bits per heavy atom. The van der Waals surface area contributed by atoms with Gasteiger partial charge in [0.15, 0.2) is 12.4 Å². The molecule has 47 heavy (non-hydrogen) atoms. The molecule has 2 aromatic rings. The average molecular weight is 681 g/mol. The van der Waals surface area contributed by atoms with E-state index in [9.17, 15) is 33.4 Å². The van der Waals surface area contributed by atoms with Gasteiger partial charge in [-0.3, -0.25) is 30.3 Å². The van der Waals surface area contributed by atoms with Crippen LogP contribution >= 0.6 is 0 Å². The van der Waals surface area contributed by atoms with Crippen LogP contribution in [0.3, 0.4) is 0 Å². The largest absolute Gasteiger partial charge is 0.496 e. The Morgan fingerprint density at radius 1 is 1.02 bits per heavy atom. The number of carbonyl (C=O) groups excluding carboxylic acids is 1.